The van der Waals surface area contributed by atoms with E-state index in [1.165, 1.54) is 23.3 Å². The van der Waals surface area contributed by atoms with Gasteiger partial charge in [0.15, 0.2) is 5.75 Å². The Labute approximate surface area is 122 Å². The SMILES string of the molecule is O=c1ccc(C#Cc2ccc3cccc-3cc2)ccc1O. The van der Waals surface area contributed by atoms with Gasteiger partial charge in [-0.15, -0.1) is 0 Å². The fourth-order valence-corrected chi connectivity index (χ4v) is 2.03. The van der Waals surface area contributed by atoms with Crippen LogP contribution in [0.4, 0.5) is 0 Å². The van der Waals surface area contributed by atoms with Crippen LogP contribution in [-0.4, -0.2) is 5.11 Å². The lowest BCUT2D eigenvalue weighted by Crippen LogP contribution is -1.91. The molecule has 100 valence electrons. The van der Waals surface area contributed by atoms with E-state index < -0.39 is 5.43 Å². The zero-order valence-electron chi connectivity index (χ0n) is 11.2. The number of hydrogen-bond acceptors (Lipinski definition) is 2. The average molecular weight is 272 g/mol. The molecule has 0 heterocycles. The summed E-state index contributed by atoms with van der Waals surface area (Å²) in [6.45, 7) is 0. The van der Waals surface area contributed by atoms with Crippen molar-refractivity contribution in [1.29, 1.82) is 0 Å². The summed E-state index contributed by atoms with van der Waals surface area (Å²) in [6, 6.07) is 20.1. The van der Waals surface area contributed by atoms with E-state index in [-0.39, 0.29) is 5.75 Å². The molecule has 0 saturated heterocycles. The summed E-state index contributed by atoms with van der Waals surface area (Å²) in [6.07, 6.45) is 0. The second-order valence-corrected chi connectivity index (χ2v) is 4.68. The maximum absolute atomic E-state index is 11.3. The number of fused-ring (bicyclic) bond motifs is 1. The third kappa shape index (κ3) is 2.93. The standard InChI is InChI=1S/C19H12O2/c20-18-12-8-15(9-13-19(18)21)5-4-14-6-10-16-2-1-3-17(16)11-7-14/h1-3,6-13H,(H,20,21). The van der Waals surface area contributed by atoms with E-state index in [0.29, 0.717) is 5.56 Å². The summed E-state index contributed by atoms with van der Waals surface area (Å²) >= 11 is 0. The minimum absolute atomic E-state index is 0.270. The quantitative estimate of drug-likeness (QED) is 0.638. The van der Waals surface area contributed by atoms with Crippen LogP contribution in [0.2, 0.25) is 0 Å². The van der Waals surface area contributed by atoms with E-state index in [9.17, 15) is 9.90 Å². The van der Waals surface area contributed by atoms with Crippen LogP contribution in [0.25, 0.3) is 11.1 Å². The Hall–Kier alpha value is -3.05. The molecule has 2 aliphatic rings. The van der Waals surface area contributed by atoms with Gasteiger partial charge in [0, 0.05) is 11.1 Å². The summed E-state index contributed by atoms with van der Waals surface area (Å²) in [7, 11) is 0. The largest absolute Gasteiger partial charge is 0.504 e. The predicted octanol–water partition coefficient (Wildman–Crippen LogP) is 3.26. The van der Waals surface area contributed by atoms with E-state index in [2.05, 4.69) is 24.0 Å². The first kappa shape index (κ1) is 13.0. The molecule has 2 aliphatic carbocycles. The Bertz CT molecular complexity index is 854. The van der Waals surface area contributed by atoms with Gasteiger partial charge in [0.1, 0.15) is 0 Å². The summed E-state index contributed by atoms with van der Waals surface area (Å²) < 4.78 is 0. The normalized spacial score (nSPS) is 9.90. The first-order chi connectivity index (χ1) is 10.2. The van der Waals surface area contributed by atoms with Crippen molar-refractivity contribution in [2.75, 3.05) is 0 Å². The molecule has 2 nitrogen and oxygen atoms in total. The molecular weight excluding hydrogens is 260 g/mol. The third-order valence-corrected chi connectivity index (χ3v) is 3.21. The highest BCUT2D eigenvalue weighted by atomic mass is 16.3. The molecule has 0 amide bonds. The van der Waals surface area contributed by atoms with Gasteiger partial charge in [0.25, 0.3) is 0 Å². The van der Waals surface area contributed by atoms with Gasteiger partial charge in [-0.3, -0.25) is 4.79 Å². The van der Waals surface area contributed by atoms with Crippen LogP contribution < -0.4 is 5.43 Å². The molecule has 1 N–H and O–H groups in total. The van der Waals surface area contributed by atoms with Gasteiger partial charge < -0.3 is 5.11 Å². The summed E-state index contributed by atoms with van der Waals surface area (Å²) in [5, 5.41) is 9.35. The van der Waals surface area contributed by atoms with Crippen molar-refractivity contribution >= 4 is 0 Å². The molecule has 1 aromatic rings. The molecule has 0 spiro atoms. The molecule has 0 radical (unpaired) electrons. The molecule has 1 aromatic carbocycles. The third-order valence-electron chi connectivity index (χ3n) is 3.21. The van der Waals surface area contributed by atoms with Gasteiger partial charge in [-0.25, -0.2) is 0 Å². The van der Waals surface area contributed by atoms with Gasteiger partial charge in [-0.05, 0) is 47.5 Å². The molecule has 0 aliphatic heterocycles. The molecule has 0 bridgehead atoms. The number of aromatic hydroxyl groups is 1. The average Bonchev–Trinajstić information content (AvgIpc) is 2.77. The van der Waals surface area contributed by atoms with Gasteiger partial charge in [0.05, 0.1) is 0 Å². The lowest BCUT2D eigenvalue weighted by Gasteiger charge is -1.85. The Balaban J connectivity index is 1.98. The molecule has 0 unspecified atom stereocenters. The molecule has 21 heavy (non-hydrogen) atoms. The molecule has 0 fully saturated rings. The van der Waals surface area contributed by atoms with Crippen molar-refractivity contribution in [2.24, 2.45) is 0 Å². The van der Waals surface area contributed by atoms with Crippen LogP contribution in [-0.2, 0) is 0 Å². The summed E-state index contributed by atoms with van der Waals surface area (Å²) in [5.74, 6) is 5.79. The van der Waals surface area contributed by atoms with E-state index >= 15 is 0 Å². The minimum atomic E-state index is -0.409. The highest BCUT2D eigenvalue weighted by molar-refractivity contribution is 5.66. The molecule has 0 atom stereocenters. The van der Waals surface area contributed by atoms with Gasteiger partial charge in [-0.2, -0.15) is 0 Å². The van der Waals surface area contributed by atoms with Crippen LogP contribution in [0.1, 0.15) is 11.1 Å². The number of rotatable bonds is 0. The summed E-state index contributed by atoms with van der Waals surface area (Å²) in [4.78, 5) is 11.3. The Morgan fingerprint density at radius 2 is 1.19 bits per heavy atom. The first-order valence-electron chi connectivity index (χ1n) is 6.56. The fraction of sp³-hybridized carbons (Fsp3) is 0. The van der Waals surface area contributed by atoms with E-state index in [1.807, 2.05) is 30.3 Å². The Kier molecular flexibility index (Phi) is 3.41. The van der Waals surface area contributed by atoms with Crippen LogP contribution >= 0.6 is 0 Å². The van der Waals surface area contributed by atoms with Crippen LogP contribution in [0.15, 0.2) is 71.5 Å². The van der Waals surface area contributed by atoms with E-state index in [1.54, 1.807) is 12.1 Å². The zero-order valence-corrected chi connectivity index (χ0v) is 11.2. The monoisotopic (exact) mass is 272 g/mol. The van der Waals surface area contributed by atoms with Gasteiger partial charge in [0.2, 0.25) is 5.43 Å². The topological polar surface area (TPSA) is 37.3 Å². The molecule has 2 heteroatoms. The van der Waals surface area contributed by atoms with Crippen LogP contribution in [0, 0.1) is 11.8 Å². The molecular formula is C19H12O2. The molecule has 3 rings (SSSR count). The summed E-state index contributed by atoms with van der Waals surface area (Å²) in [5.41, 5.74) is 3.51. The maximum Gasteiger partial charge on any atom is 0.220 e. The zero-order chi connectivity index (χ0) is 14.7. The smallest absolute Gasteiger partial charge is 0.220 e. The van der Waals surface area contributed by atoms with Gasteiger partial charge >= 0.3 is 0 Å². The Morgan fingerprint density at radius 1 is 0.667 bits per heavy atom. The fourth-order valence-electron chi connectivity index (χ4n) is 2.03. The lowest BCUT2D eigenvalue weighted by atomic mass is 10.2. The Morgan fingerprint density at radius 3 is 1.81 bits per heavy atom. The highest BCUT2D eigenvalue weighted by Crippen LogP contribution is 2.21. The van der Waals surface area contributed by atoms with E-state index in [4.69, 9.17) is 0 Å². The van der Waals surface area contributed by atoms with E-state index in [0.717, 1.165) is 5.56 Å². The van der Waals surface area contributed by atoms with Crippen molar-refractivity contribution < 1.29 is 5.11 Å². The van der Waals surface area contributed by atoms with Crippen molar-refractivity contribution in [2.45, 2.75) is 0 Å². The second-order valence-electron chi connectivity index (χ2n) is 4.68. The number of hydrogen-bond donors (Lipinski definition) is 1. The predicted molar refractivity (Wildman–Crippen MR) is 83.4 cm³/mol. The highest BCUT2D eigenvalue weighted by Gasteiger charge is 1.98. The maximum atomic E-state index is 11.3. The van der Waals surface area contributed by atoms with Crippen molar-refractivity contribution in [1.82, 2.24) is 0 Å². The molecule has 0 saturated carbocycles. The van der Waals surface area contributed by atoms with Crippen LogP contribution in [0.3, 0.4) is 0 Å². The lowest BCUT2D eigenvalue weighted by molar-refractivity contribution is 0.471. The molecule has 0 aromatic heterocycles. The second kappa shape index (κ2) is 5.52. The van der Waals surface area contributed by atoms with Crippen LogP contribution in [0.5, 0.6) is 5.75 Å². The van der Waals surface area contributed by atoms with Crippen molar-refractivity contribution in [3.05, 3.63) is 88.1 Å². The minimum Gasteiger partial charge on any atom is -0.504 e. The van der Waals surface area contributed by atoms with Crippen molar-refractivity contribution in [3.63, 3.8) is 0 Å². The van der Waals surface area contributed by atoms with Crippen molar-refractivity contribution in [3.8, 4) is 28.7 Å². The first-order valence-corrected chi connectivity index (χ1v) is 6.56. The van der Waals surface area contributed by atoms with Gasteiger partial charge in [-0.1, -0.05) is 42.2 Å².